The van der Waals surface area contributed by atoms with Gasteiger partial charge in [-0.05, 0) is 49.9 Å². The van der Waals surface area contributed by atoms with E-state index in [2.05, 4.69) is 26.8 Å². The number of nitrogens with zero attached hydrogens (tertiary/aromatic N) is 1. The van der Waals surface area contributed by atoms with Crippen molar-refractivity contribution in [1.29, 1.82) is 5.26 Å². The number of nitriles is 1. The Morgan fingerprint density at radius 1 is 1.22 bits per heavy atom. The van der Waals surface area contributed by atoms with Crippen molar-refractivity contribution in [1.82, 2.24) is 0 Å². The van der Waals surface area contributed by atoms with E-state index < -0.39 is 0 Å². The molecule has 3 unspecified atom stereocenters. The van der Waals surface area contributed by atoms with Crippen LogP contribution in [0.3, 0.4) is 0 Å². The molecule has 2 fully saturated rings. The number of rotatable bonds is 4. The van der Waals surface area contributed by atoms with Crippen LogP contribution in [-0.4, -0.2) is 12.2 Å². The monoisotopic (exact) mass is 249 g/mol. The standard InChI is InChI=1S/C16H27NO/c1-4-16(2,3)13-9-8-12(11-17)15(10-13)18-14-6-5-7-14/h12-15H,4-10H2,1-3H3. The second kappa shape index (κ2) is 5.61. The SMILES string of the molecule is CCC(C)(C)C1CCC(C#N)C(OC2CCC2)C1. The Morgan fingerprint density at radius 3 is 2.44 bits per heavy atom. The Bertz CT molecular complexity index is 314. The summed E-state index contributed by atoms with van der Waals surface area (Å²) in [5.41, 5.74) is 0.391. The van der Waals surface area contributed by atoms with E-state index in [1.807, 2.05) is 0 Å². The van der Waals surface area contributed by atoms with E-state index in [1.165, 1.54) is 32.1 Å². The highest BCUT2D eigenvalue weighted by Crippen LogP contribution is 2.43. The quantitative estimate of drug-likeness (QED) is 0.744. The lowest BCUT2D eigenvalue weighted by Crippen LogP contribution is -2.40. The molecule has 0 aromatic heterocycles. The molecule has 0 aromatic carbocycles. The molecule has 0 aliphatic heterocycles. The van der Waals surface area contributed by atoms with Crippen molar-refractivity contribution < 1.29 is 4.74 Å². The molecule has 0 heterocycles. The van der Waals surface area contributed by atoms with Gasteiger partial charge in [-0.3, -0.25) is 0 Å². The molecule has 2 aliphatic rings. The van der Waals surface area contributed by atoms with E-state index in [1.54, 1.807) is 0 Å². The maximum Gasteiger partial charge on any atom is 0.0739 e. The Balaban J connectivity index is 1.97. The smallest absolute Gasteiger partial charge is 0.0739 e. The van der Waals surface area contributed by atoms with Crippen LogP contribution in [-0.2, 0) is 4.74 Å². The molecule has 0 saturated heterocycles. The van der Waals surface area contributed by atoms with Crippen LogP contribution in [0.5, 0.6) is 0 Å². The van der Waals surface area contributed by atoms with Gasteiger partial charge in [0.15, 0.2) is 0 Å². The zero-order chi connectivity index (χ0) is 13.2. The van der Waals surface area contributed by atoms with Crippen LogP contribution in [0, 0.1) is 28.6 Å². The summed E-state index contributed by atoms with van der Waals surface area (Å²) in [5, 5.41) is 9.28. The second-order valence-electron chi connectivity index (χ2n) is 6.82. The summed E-state index contributed by atoms with van der Waals surface area (Å²) in [7, 11) is 0. The average molecular weight is 249 g/mol. The predicted octanol–water partition coefficient (Wildman–Crippen LogP) is 4.30. The van der Waals surface area contributed by atoms with Gasteiger partial charge in [0.05, 0.1) is 24.2 Å². The summed E-state index contributed by atoms with van der Waals surface area (Å²) in [6, 6.07) is 2.47. The van der Waals surface area contributed by atoms with Crippen molar-refractivity contribution >= 4 is 0 Å². The second-order valence-corrected chi connectivity index (χ2v) is 6.82. The Labute approximate surface area is 112 Å². The molecule has 2 aliphatic carbocycles. The van der Waals surface area contributed by atoms with Crippen LogP contribution in [0.15, 0.2) is 0 Å². The lowest BCUT2D eigenvalue weighted by atomic mass is 9.67. The Morgan fingerprint density at radius 2 is 1.94 bits per heavy atom. The first-order chi connectivity index (χ1) is 8.56. The molecule has 2 rings (SSSR count). The molecule has 0 aromatic rings. The van der Waals surface area contributed by atoms with E-state index in [4.69, 9.17) is 4.74 Å². The van der Waals surface area contributed by atoms with Gasteiger partial charge in [-0.2, -0.15) is 5.26 Å². The van der Waals surface area contributed by atoms with Crippen molar-refractivity contribution in [3.05, 3.63) is 0 Å². The number of hydrogen-bond donors (Lipinski definition) is 0. The molecule has 2 saturated carbocycles. The minimum absolute atomic E-state index is 0.134. The van der Waals surface area contributed by atoms with Gasteiger partial charge in [0.2, 0.25) is 0 Å². The van der Waals surface area contributed by atoms with Crippen LogP contribution in [0.4, 0.5) is 0 Å². The highest BCUT2D eigenvalue weighted by atomic mass is 16.5. The summed E-state index contributed by atoms with van der Waals surface area (Å²) >= 11 is 0. The van der Waals surface area contributed by atoms with Crippen LogP contribution < -0.4 is 0 Å². The van der Waals surface area contributed by atoms with Gasteiger partial charge in [0.1, 0.15) is 0 Å². The first kappa shape index (κ1) is 13.9. The van der Waals surface area contributed by atoms with E-state index in [-0.39, 0.29) is 12.0 Å². The topological polar surface area (TPSA) is 33.0 Å². The summed E-state index contributed by atoms with van der Waals surface area (Å²) < 4.78 is 6.18. The third-order valence-corrected chi connectivity index (χ3v) is 5.39. The van der Waals surface area contributed by atoms with Crippen molar-refractivity contribution in [3.63, 3.8) is 0 Å². The minimum Gasteiger partial charge on any atom is -0.374 e. The molecule has 2 heteroatoms. The van der Waals surface area contributed by atoms with Crippen LogP contribution >= 0.6 is 0 Å². The summed E-state index contributed by atoms with van der Waals surface area (Å²) in [6.45, 7) is 7.01. The van der Waals surface area contributed by atoms with Crippen molar-refractivity contribution in [3.8, 4) is 6.07 Å². The number of hydrogen-bond acceptors (Lipinski definition) is 2. The maximum absolute atomic E-state index is 9.28. The Kier molecular flexibility index (Phi) is 4.33. The highest BCUT2D eigenvalue weighted by molar-refractivity contribution is 4.97. The fourth-order valence-electron chi connectivity index (χ4n) is 3.18. The van der Waals surface area contributed by atoms with Gasteiger partial charge in [-0.15, -0.1) is 0 Å². The molecule has 102 valence electrons. The van der Waals surface area contributed by atoms with Crippen molar-refractivity contribution in [2.45, 2.75) is 77.9 Å². The fourth-order valence-corrected chi connectivity index (χ4v) is 3.18. The largest absolute Gasteiger partial charge is 0.374 e. The van der Waals surface area contributed by atoms with E-state index in [0.717, 1.165) is 18.8 Å². The van der Waals surface area contributed by atoms with Gasteiger partial charge < -0.3 is 4.74 Å². The highest BCUT2D eigenvalue weighted by Gasteiger charge is 2.39. The van der Waals surface area contributed by atoms with Gasteiger partial charge in [0, 0.05) is 0 Å². The molecule has 0 radical (unpaired) electrons. The van der Waals surface area contributed by atoms with Crippen molar-refractivity contribution in [2.75, 3.05) is 0 Å². The average Bonchev–Trinajstić information content (AvgIpc) is 2.33. The first-order valence-electron chi connectivity index (χ1n) is 7.62. The van der Waals surface area contributed by atoms with Gasteiger partial charge in [-0.25, -0.2) is 0 Å². The van der Waals surface area contributed by atoms with Gasteiger partial charge in [0.25, 0.3) is 0 Å². The molecule has 0 bridgehead atoms. The van der Waals surface area contributed by atoms with E-state index >= 15 is 0 Å². The molecular weight excluding hydrogens is 222 g/mol. The lowest BCUT2D eigenvalue weighted by Gasteiger charge is -2.43. The fraction of sp³-hybridized carbons (Fsp3) is 0.938. The molecular formula is C16H27NO. The summed E-state index contributed by atoms with van der Waals surface area (Å²) in [4.78, 5) is 0. The maximum atomic E-state index is 9.28. The summed E-state index contributed by atoms with van der Waals surface area (Å²) in [6.07, 6.45) is 8.90. The minimum atomic E-state index is 0.134. The van der Waals surface area contributed by atoms with E-state index in [0.29, 0.717) is 11.5 Å². The molecule has 3 atom stereocenters. The zero-order valence-electron chi connectivity index (χ0n) is 12.1. The van der Waals surface area contributed by atoms with Gasteiger partial charge in [-0.1, -0.05) is 27.2 Å². The van der Waals surface area contributed by atoms with Crippen molar-refractivity contribution in [2.24, 2.45) is 17.3 Å². The molecule has 0 spiro atoms. The molecule has 0 N–H and O–H groups in total. The normalized spacial score (nSPS) is 33.8. The Hall–Kier alpha value is -0.550. The predicted molar refractivity (Wildman–Crippen MR) is 73.0 cm³/mol. The first-order valence-corrected chi connectivity index (χ1v) is 7.62. The van der Waals surface area contributed by atoms with E-state index in [9.17, 15) is 5.26 Å². The third kappa shape index (κ3) is 2.88. The van der Waals surface area contributed by atoms with Crippen LogP contribution in [0.2, 0.25) is 0 Å². The van der Waals surface area contributed by atoms with Crippen LogP contribution in [0.25, 0.3) is 0 Å². The summed E-state index contributed by atoms with van der Waals surface area (Å²) in [5.74, 6) is 0.853. The van der Waals surface area contributed by atoms with Gasteiger partial charge >= 0.3 is 0 Å². The molecule has 18 heavy (non-hydrogen) atoms. The molecule has 2 nitrogen and oxygen atoms in total. The van der Waals surface area contributed by atoms with Crippen LogP contribution in [0.1, 0.15) is 65.7 Å². The third-order valence-electron chi connectivity index (χ3n) is 5.39. The zero-order valence-corrected chi connectivity index (χ0v) is 12.1. The number of ether oxygens (including phenoxy) is 1. The molecule has 0 amide bonds. The lowest BCUT2D eigenvalue weighted by molar-refractivity contribution is -0.0973.